The SMILES string of the molecule is O=C(C=CC(=O)Nc1ccc2sccc2c1)Nc1cccc(Cl)c1. The molecule has 0 spiro atoms. The Bertz CT molecular complexity index is 933. The van der Waals surface area contributed by atoms with Crippen LogP contribution in [0, 0.1) is 0 Å². The first-order valence-electron chi connectivity index (χ1n) is 7.13. The predicted octanol–water partition coefficient (Wildman–Crippen LogP) is 4.69. The van der Waals surface area contributed by atoms with Crippen LogP contribution in [0.2, 0.25) is 5.02 Å². The number of thiophene rings is 1. The van der Waals surface area contributed by atoms with Crippen molar-refractivity contribution in [3.8, 4) is 0 Å². The van der Waals surface area contributed by atoms with Gasteiger partial charge >= 0.3 is 0 Å². The zero-order valence-electron chi connectivity index (χ0n) is 12.5. The van der Waals surface area contributed by atoms with E-state index in [0.717, 1.165) is 10.1 Å². The highest BCUT2D eigenvalue weighted by atomic mass is 35.5. The average Bonchev–Trinajstić information content (AvgIpc) is 3.00. The van der Waals surface area contributed by atoms with Gasteiger partial charge in [-0.3, -0.25) is 9.59 Å². The Labute approximate surface area is 147 Å². The molecule has 0 radical (unpaired) electrons. The van der Waals surface area contributed by atoms with E-state index in [4.69, 9.17) is 11.6 Å². The lowest BCUT2D eigenvalue weighted by atomic mass is 10.2. The van der Waals surface area contributed by atoms with Crippen LogP contribution in [0.4, 0.5) is 11.4 Å². The van der Waals surface area contributed by atoms with Crippen molar-refractivity contribution in [3.63, 3.8) is 0 Å². The monoisotopic (exact) mass is 356 g/mol. The lowest BCUT2D eigenvalue weighted by Gasteiger charge is -2.03. The molecule has 6 heteroatoms. The summed E-state index contributed by atoms with van der Waals surface area (Å²) in [4.78, 5) is 23.7. The molecule has 3 rings (SSSR count). The fraction of sp³-hybridized carbons (Fsp3) is 0. The molecule has 4 nitrogen and oxygen atoms in total. The molecular formula is C18H13ClN2O2S. The van der Waals surface area contributed by atoms with Crippen LogP contribution in [-0.2, 0) is 9.59 Å². The number of rotatable bonds is 4. The standard InChI is InChI=1S/C18H13ClN2O2S/c19-13-2-1-3-14(11-13)20-17(22)6-7-18(23)21-15-4-5-16-12(10-15)8-9-24-16/h1-11H,(H,20,22)(H,21,23). The molecule has 0 bridgehead atoms. The summed E-state index contributed by atoms with van der Waals surface area (Å²) in [7, 11) is 0. The molecular weight excluding hydrogens is 344 g/mol. The topological polar surface area (TPSA) is 58.2 Å². The van der Waals surface area contributed by atoms with Crippen LogP contribution in [0.3, 0.4) is 0 Å². The van der Waals surface area contributed by atoms with Crippen LogP contribution in [-0.4, -0.2) is 11.8 Å². The summed E-state index contributed by atoms with van der Waals surface area (Å²) in [5, 5.41) is 8.96. The van der Waals surface area contributed by atoms with E-state index in [1.807, 2.05) is 29.6 Å². The van der Waals surface area contributed by atoms with E-state index in [2.05, 4.69) is 10.6 Å². The van der Waals surface area contributed by atoms with Crippen molar-refractivity contribution in [2.75, 3.05) is 10.6 Å². The van der Waals surface area contributed by atoms with Gasteiger partial charge in [0.2, 0.25) is 11.8 Å². The van der Waals surface area contributed by atoms with Crippen LogP contribution in [0.25, 0.3) is 10.1 Å². The lowest BCUT2D eigenvalue weighted by Crippen LogP contribution is -2.12. The third-order valence-corrected chi connectivity index (χ3v) is 4.33. The smallest absolute Gasteiger partial charge is 0.248 e. The Morgan fingerprint density at radius 3 is 2.33 bits per heavy atom. The highest BCUT2D eigenvalue weighted by molar-refractivity contribution is 7.17. The molecule has 0 aliphatic rings. The van der Waals surface area contributed by atoms with Gasteiger partial charge in [0, 0.05) is 33.2 Å². The Kier molecular flexibility index (Phi) is 4.93. The number of halogens is 1. The summed E-state index contributed by atoms with van der Waals surface area (Å²) in [6.07, 6.45) is 2.37. The highest BCUT2D eigenvalue weighted by Crippen LogP contribution is 2.23. The quantitative estimate of drug-likeness (QED) is 0.666. The molecule has 120 valence electrons. The van der Waals surface area contributed by atoms with Gasteiger partial charge in [0.05, 0.1) is 0 Å². The summed E-state index contributed by atoms with van der Waals surface area (Å²) in [6, 6.07) is 14.5. The van der Waals surface area contributed by atoms with Crippen molar-refractivity contribution >= 4 is 56.2 Å². The average molecular weight is 357 g/mol. The molecule has 0 saturated heterocycles. The summed E-state index contributed by atoms with van der Waals surface area (Å²) in [5.41, 5.74) is 1.26. The van der Waals surface area contributed by atoms with Crippen molar-refractivity contribution in [2.24, 2.45) is 0 Å². The van der Waals surface area contributed by atoms with E-state index < -0.39 is 5.91 Å². The number of nitrogens with one attached hydrogen (secondary N) is 2. The molecule has 0 unspecified atom stereocenters. The summed E-state index contributed by atoms with van der Waals surface area (Å²) in [5.74, 6) is -0.772. The number of carbonyl (C=O) groups is 2. The minimum Gasteiger partial charge on any atom is -0.322 e. The second-order valence-corrected chi connectivity index (χ2v) is 6.38. The fourth-order valence-electron chi connectivity index (χ4n) is 2.13. The molecule has 1 heterocycles. The van der Waals surface area contributed by atoms with E-state index in [0.29, 0.717) is 16.4 Å². The van der Waals surface area contributed by atoms with Crippen LogP contribution < -0.4 is 10.6 Å². The van der Waals surface area contributed by atoms with E-state index in [1.54, 1.807) is 35.6 Å². The Balaban J connectivity index is 1.59. The van der Waals surface area contributed by atoms with E-state index in [-0.39, 0.29) is 5.91 Å². The van der Waals surface area contributed by atoms with Gasteiger partial charge < -0.3 is 10.6 Å². The molecule has 1 aromatic heterocycles. The second-order valence-electron chi connectivity index (χ2n) is 5.00. The molecule has 0 aliphatic heterocycles. The van der Waals surface area contributed by atoms with Crippen molar-refractivity contribution in [1.82, 2.24) is 0 Å². The molecule has 0 aliphatic carbocycles. The van der Waals surface area contributed by atoms with Crippen molar-refractivity contribution in [2.45, 2.75) is 0 Å². The molecule has 2 aromatic carbocycles. The van der Waals surface area contributed by atoms with Gasteiger partial charge in [-0.25, -0.2) is 0 Å². The zero-order valence-corrected chi connectivity index (χ0v) is 14.0. The number of amides is 2. The van der Waals surface area contributed by atoms with Crippen LogP contribution in [0.1, 0.15) is 0 Å². The van der Waals surface area contributed by atoms with Gasteiger partial charge in [0.25, 0.3) is 0 Å². The molecule has 0 fully saturated rings. The normalized spacial score (nSPS) is 10.9. The number of benzene rings is 2. The largest absolute Gasteiger partial charge is 0.322 e. The Morgan fingerprint density at radius 1 is 0.917 bits per heavy atom. The molecule has 2 amide bonds. The Hall–Kier alpha value is -2.63. The van der Waals surface area contributed by atoms with Crippen molar-refractivity contribution in [3.05, 3.63) is 71.1 Å². The first kappa shape index (κ1) is 16.2. The lowest BCUT2D eigenvalue weighted by molar-refractivity contribution is -0.114. The first-order chi connectivity index (χ1) is 11.6. The van der Waals surface area contributed by atoms with Crippen LogP contribution in [0.5, 0.6) is 0 Å². The summed E-state index contributed by atoms with van der Waals surface area (Å²) < 4.78 is 1.16. The summed E-state index contributed by atoms with van der Waals surface area (Å²) >= 11 is 7.49. The zero-order chi connectivity index (χ0) is 16.9. The molecule has 24 heavy (non-hydrogen) atoms. The number of hydrogen-bond donors (Lipinski definition) is 2. The highest BCUT2D eigenvalue weighted by Gasteiger charge is 2.03. The fourth-order valence-corrected chi connectivity index (χ4v) is 3.09. The van der Waals surface area contributed by atoms with Gasteiger partial charge in [-0.05, 0) is 53.2 Å². The number of carbonyl (C=O) groups excluding carboxylic acids is 2. The minimum atomic E-state index is -0.402. The van der Waals surface area contributed by atoms with E-state index >= 15 is 0 Å². The minimum absolute atomic E-state index is 0.370. The van der Waals surface area contributed by atoms with Crippen molar-refractivity contribution < 1.29 is 9.59 Å². The van der Waals surface area contributed by atoms with Gasteiger partial charge in [-0.2, -0.15) is 0 Å². The summed E-state index contributed by atoms with van der Waals surface area (Å²) in [6.45, 7) is 0. The maximum absolute atomic E-state index is 11.9. The molecule has 3 aromatic rings. The second kappa shape index (κ2) is 7.29. The van der Waals surface area contributed by atoms with Gasteiger partial charge in [-0.1, -0.05) is 17.7 Å². The third kappa shape index (κ3) is 4.22. The maximum atomic E-state index is 11.9. The molecule has 0 saturated carbocycles. The van der Waals surface area contributed by atoms with Crippen molar-refractivity contribution in [1.29, 1.82) is 0 Å². The predicted molar refractivity (Wildman–Crippen MR) is 99.7 cm³/mol. The van der Waals surface area contributed by atoms with E-state index in [9.17, 15) is 9.59 Å². The first-order valence-corrected chi connectivity index (χ1v) is 8.39. The Morgan fingerprint density at radius 2 is 1.62 bits per heavy atom. The molecule has 0 atom stereocenters. The van der Waals surface area contributed by atoms with Gasteiger partial charge in [0.15, 0.2) is 0 Å². The number of hydrogen-bond acceptors (Lipinski definition) is 3. The number of fused-ring (bicyclic) bond motifs is 1. The van der Waals surface area contributed by atoms with Gasteiger partial charge in [0.1, 0.15) is 0 Å². The van der Waals surface area contributed by atoms with E-state index in [1.165, 1.54) is 12.2 Å². The third-order valence-electron chi connectivity index (χ3n) is 3.20. The number of anilines is 2. The van der Waals surface area contributed by atoms with Gasteiger partial charge in [-0.15, -0.1) is 11.3 Å². The maximum Gasteiger partial charge on any atom is 0.248 e. The van der Waals surface area contributed by atoms with Crippen LogP contribution in [0.15, 0.2) is 66.1 Å². The van der Waals surface area contributed by atoms with Crippen LogP contribution >= 0.6 is 22.9 Å². The molecule has 2 N–H and O–H groups in total.